The third-order valence-corrected chi connectivity index (χ3v) is 11.6. The molecule has 0 spiro atoms. The predicted molar refractivity (Wildman–Crippen MR) is 215 cm³/mol. The fourth-order valence-corrected chi connectivity index (χ4v) is 8.86. The largest absolute Gasteiger partial charge is 0.507 e. The summed E-state index contributed by atoms with van der Waals surface area (Å²) >= 11 is 28.7. The van der Waals surface area contributed by atoms with Gasteiger partial charge in [-0.05, 0) is 90.4 Å². The molecule has 0 fully saturated rings. The van der Waals surface area contributed by atoms with Gasteiger partial charge in [-0.15, -0.1) is 11.8 Å². The number of rotatable bonds is 6. The summed E-state index contributed by atoms with van der Waals surface area (Å²) in [4.78, 5) is 0. The SMILES string of the molecule is CC(C)(C)c1cc(C(SC(c2cc(C(C)(C)C)c(O)c(C(C)(C)C)c2)c2ccc(Cl)cc2Cl)c2ccc(Cl)cc2Cl)cc(C(C)(C)C)c1O. The summed E-state index contributed by atoms with van der Waals surface area (Å²) < 4.78 is 0. The molecule has 0 saturated carbocycles. The second-order valence-corrected chi connectivity index (χ2v) is 20.1. The first-order chi connectivity index (χ1) is 22.3. The summed E-state index contributed by atoms with van der Waals surface area (Å²) in [6.45, 7) is 25.4. The smallest absolute Gasteiger partial charge is 0.123 e. The number of aromatic hydroxyl groups is 2. The zero-order chi connectivity index (χ0) is 37.0. The van der Waals surface area contributed by atoms with Crippen LogP contribution in [0.15, 0.2) is 60.7 Å². The fourth-order valence-electron chi connectivity index (χ4n) is 6.13. The molecule has 0 radical (unpaired) electrons. The van der Waals surface area contributed by atoms with Gasteiger partial charge in [-0.2, -0.15) is 0 Å². The Kier molecular flexibility index (Phi) is 11.5. The maximum atomic E-state index is 11.7. The molecule has 4 rings (SSSR count). The molecule has 0 aliphatic rings. The van der Waals surface area contributed by atoms with Crippen molar-refractivity contribution >= 4 is 58.2 Å². The van der Waals surface area contributed by atoms with Gasteiger partial charge >= 0.3 is 0 Å². The lowest BCUT2D eigenvalue weighted by atomic mass is 9.77. The minimum Gasteiger partial charge on any atom is -0.507 e. The van der Waals surface area contributed by atoms with E-state index < -0.39 is 0 Å². The third-order valence-electron chi connectivity index (χ3n) is 8.86. The van der Waals surface area contributed by atoms with Crippen LogP contribution >= 0.6 is 58.2 Å². The van der Waals surface area contributed by atoms with Crippen LogP contribution in [0.2, 0.25) is 20.1 Å². The quantitative estimate of drug-likeness (QED) is 0.206. The molecule has 49 heavy (non-hydrogen) atoms. The van der Waals surface area contributed by atoms with E-state index in [1.54, 1.807) is 23.9 Å². The van der Waals surface area contributed by atoms with Crippen molar-refractivity contribution in [2.75, 3.05) is 0 Å². The number of thioether (sulfide) groups is 1. The Morgan fingerprint density at radius 1 is 0.449 bits per heavy atom. The number of halogens is 4. The number of benzene rings is 4. The van der Waals surface area contributed by atoms with Crippen LogP contribution in [-0.2, 0) is 21.7 Å². The van der Waals surface area contributed by atoms with Crippen LogP contribution in [0.3, 0.4) is 0 Å². The number of hydrogen-bond donors (Lipinski definition) is 2. The summed E-state index contributed by atoms with van der Waals surface area (Å²) in [6, 6.07) is 19.7. The van der Waals surface area contributed by atoms with Gasteiger partial charge in [0.15, 0.2) is 0 Å². The van der Waals surface area contributed by atoms with E-state index in [0.29, 0.717) is 31.6 Å². The molecule has 7 heteroatoms. The van der Waals surface area contributed by atoms with Crippen molar-refractivity contribution in [3.05, 3.63) is 125 Å². The van der Waals surface area contributed by atoms with Gasteiger partial charge in [-0.1, -0.05) is 166 Å². The van der Waals surface area contributed by atoms with E-state index in [9.17, 15) is 10.2 Å². The van der Waals surface area contributed by atoms with Gasteiger partial charge in [0, 0.05) is 20.1 Å². The second kappa shape index (κ2) is 14.2. The van der Waals surface area contributed by atoms with E-state index >= 15 is 0 Å². The Hall–Kier alpha value is -2.01. The highest BCUT2D eigenvalue weighted by Gasteiger charge is 2.34. The Morgan fingerprint density at radius 3 is 0.939 bits per heavy atom. The van der Waals surface area contributed by atoms with E-state index in [0.717, 1.165) is 44.5 Å². The average molecular weight is 761 g/mol. The van der Waals surface area contributed by atoms with Crippen LogP contribution in [-0.4, -0.2) is 10.2 Å². The first-order valence-electron chi connectivity index (χ1n) is 16.6. The molecule has 0 bridgehead atoms. The molecule has 2 nitrogen and oxygen atoms in total. The highest BCUT2D eigenvalue weighted by Crippen LogP contribution is 2.54. The van der Waals surface area contributed by atoms with E-state index in [4.69, 9.17) is 46.4 Å². The standard InChI is InChI=1S/C42H50Cl4O2S/c1-39(2,3)29-17-23(18-30(35(29)47)40(4,5)6)37(27-15-13-25(43)21-33(27)45)49-38(28-16-14-26(44)22-34(28)46)24-19-31(41(7,8)9)36(48)32(20-24)42(10,11)12/h13-22,37-38,47-48H,1-12H3. The van der Waals surface area contributed by atoms with Gasteiger partial charge in [0.05, 0.1) is 10.5 Å². The van der Waals surface area contributed by atoms with E-state index in [1.807, 2.05) is 24.3 Å². The fraction of sp³-hybridized carbons (Fsp3) is 0.429. The molecule has 2 atom stereocenters. The summed E-state index contributed by atoms with van der Waals surface area (Å²) in [5.74, 6) is 0.630. The van der Waals surface area contributed by atoms with Crippen molar-refractivity contribution < 1.29 is 10.2 Å². The lowest BCUT2D eigenvalue weighted by molar-refractivity contribution is 0.422. The summed E-state index contributed by atoms with van der Waals surface area (Å²) in [7, 11) is 0. The molecule has 264 valence electrons. The highest BCUT2D eigenvalue weighted by atomic mass is 35.5. The normalized spacial score (nSPS) is 14.2. The lowest BCUT2D eigenvalue weighted by Gasteiger charge is -2.33. The topological polar surface area (TPSA) is 40.5 Å². The second-order valence-electron chi connectivity index (χ2n) is 17.2. The van der Waals surface area contributed by atoms with Gasteiger partial charge in [0.1, 0.15) is 11.5 Å². The Labute approximate surface area is 318 Å². The zero-order valence-electron chi connectivity index (χ0n) is 30.7. The minimum absolute atomic E-state index is 0.311. The molecular formula is C42H50Cl4O2S. The minimum atomic E-state index is -0.335. The first-order valence-corrected chi connectivity index (χ1v) is 19.1. The van der Waals surface area contributed by atoms with Gasteiger partial charge in [0.2, 0.25) is 0 Å². The van der Waals surface area contributed by atoms with Crippen LogP contribution in [0.5, 0.6) is 11.5 Å². The number of hydrogen-bond acceptors (Lipinski definition) is 3. The van der Waals surface area contributed by atoms with Crippen molar-refractivity contribution in [3.63, 3.8) is 0 Å². The van der Waals surface area contributed by atoms with E-state index in [2.05, 4.69) is 107 Å². The lowest BCUT2D eigenvalue weighted by Crippen LogP contribution is -2.19. The molecule has 0 aromatic heterocycles. The van der Waals surface area contributed by atoms with E-state index in [-0.39, 0.29) is 32.2 Å². The highest BCUT2D eigenvalue weighted by molar-refractivity contribution is 8.00. The number of phenolic OH excluding ortho intramolecular Hbond substituents is 2. The zero-order valence-corrected chi connectivity index (χ0v) is 34.6. The van der Waals surface area contributed by atoms with Gasteiger partial charge in [-0.3, -0.25) is 0 Å². The Morgan fingerprint density at radius 2 is 0.714 bits per heavy atom. The number of phenols is 2. The monoisotopic (exact) mass is 758 g/mol. The Bertz CT molecular complexity index is 1650. The molecule has 0 heterocycles. The predicted octanol–water partition coefficient (Wildman–Crippen LogP) is 14.5. The average Bonchev–Trinajstić information content (AvgIpc) is 2.93. The molecule has 0 saturated heterocycles. The maximum Gasteiger partial charge on any atom is 0.123 e. The van der Waals surface area contributed by atoms with Crippen molar-refractivity contribution in [2.24, 2.45) is 0 Å². The van der Waals surface area contributed by atoms with Crippen LogP contribution in [0.25, 0.3) is 0 Å². The van der Waals surface area contributed by atoms with Crippen LogP contribution in [0.4, 0.5) is 0 Å². The van der Waals surface area contributed by atoms with Crippen LogP contribution < -0.4 is 0 Å². The molecule has 0 aliphatic carbocycles. The van der Waals surface area contributed by atoms with Gasteiger partial charge in [0.25, 0.3) is 0 Å². The third kappa shape index (κ3) is 8.90. The van der Waals surface area contributed by atoms with Crippen molar-refractivity contribution in [1.82, 2.24) is 0 Å². The summed E-state index contributed by atoms with van der Waals surface area (Å²) in [5.41, 5.74) is 5.90. The molecule has 2 N–H and O–H groups in total. The van der Waals surface area contributed by atoms with Crippen molar-refractivity contribution in [2.45, 2.75) is 115 Å². The molecular weight excluding hydrogens is 710 g/mol. The molecule has 0 aliphatic heterocycles. The van der Waals surface area contributed by atoms with Gasteiger partial charge in [-0.25, -0.2) is 0 Å². The summed E-state index contributed by atoms with van der Waals surface area (Å²) in [5, 5.41) is 24.9. The van der Waals surface area contributed by atoms with E-state index in [1.165, 1.54) is 0 Å². The molecule has 4 aromatic carbocycles. The molecule has 0 amide bonds. The van der Waals surface area contributed by atoms with Crippen molar-refractivity contribution in [3.8, 4) is 11.5 Å². The van der Waals surface area contributed by atoms with Crippen molar-refractivity contribution in [1.29, 1.82) is 0 Å². The van der Waals surface area contributed by atoms with Gasteiger partial charge < -0.3 is 10.2 Å². The maximum absolute atomic E-state index is 11.7. The molecule has 2 unspecified atom stereocenters. The van der Waals surface area contributed by atoms with Crippen LogP contribution in [0, 0.1) is 0 Å². The van der Waals surface area contributed by atoms with Crippen LogP contribution in [0.1, 0.15) is 138 Å². The first kappa shape index (κ1) is 39.8. The molecule has 4 aromatic rings. The summed E-state index contributed by atoms with van der Waals surface area (Å²) in [6.07, 6.45) is 0. The Balaban J connectivity index is 2.14.